The van der Waals surface area contributed by atoms with Gasteiger partial charge < -0.3 is 19.4 Å². The van der Waals surface area contributed by atoms with E-state index in [1.165, 1.54) is 23.9 Å². The van der Waals surface area contributed by atoms with Crippen molar-refractivity contribution in [3.63, 3.8) is 0 Å². The van der Waals surface area contributed by atoms with Gasteiger partial charge in [-0.15, -0.1) is 10.2 Å². The zero-order valence-electron chi connectivity index (χ0n) is 18.1. The number of ether oxygens (including phenoxy) is 2. The summed E-state index contributed by atoms with van der Waals surface area (Å²) in [5.74, 6) is 1.83. The second kappa shape index (κ2) is 11.1. The van der Waals surface area contributed by atoms with Crippen molar-refractivity contribution in [1.29, 1.82) is 0 Å². The van der Waals surface area contributed by atoms with Gasteiger partial charge in [-0.3, -0.25) is 4.79 Å². The Morgan fingerprint density at radius 1 is 1.12 bits per heavy atom. The average Bonchev–Trinajstić information content (AvgIpc) is 3.17. The minimum Gasteiger partial charge on any atom is -0.493 e. The van der Waals surface area contributed by atoms with Gasteiger partial charge >= 0.3 is 6.18 Å². The molecule has 0 aliphatic rings. The number of carbonyl (C=O) groups is 1. The molecule has 176 valence electrons. The number of benzene rings is 2. The summed E-state index contributed by atoms with van der Waals surface area (Å²) < 4.78 is 51.4. The highest BCUT2D eigenvalue weighted by atomic mass is 32.2. The van der Waals surface area contributed by atoms with Crippen molar-refractivity contribution in [2.75, 3.05) is 24.8 Å². The Labute approximate surface area is 193 Å². The number of nitrogens with zero attached hydrogens (tertiary/aromatic N) is 3. The summed E-state index contributed by atoms with van der Waals surface area (Å²) in [6, 6.07) is 11.8. The lowest BCUT2D eigenvalue weighted by atomic mass is 10.2. The molecule has 0 bridgehead atoms. The third-order valence-corrected chi connectivity index (χ3v) is 5.47. The number of hydrogen-bond donors (Lipinski definition) is 1. The molecule has 3 rings (SSSR count). The molecule has 0 aliphatic carbocycles. The summed E-state index contributed by atoms with van der Waals surface area (Å²) in [6.07, 6.45) is -4.60. The molecule has 1 aromatic heterocycles. The van der Waals surface area contributed by atoms with E-state index in [2.05, 4.69) is 15.5 Å². The predicted molar refractivity (Wildman–Crippen MR) is 119 cm³/mol. The number of rotatable bonds is 10. The third kappa shape index (κ3) is 6.64. The molecule has 0 saturated carbocycles. The molecule has 0 spiro atoms. The fourth-order valence-electron chi connectivity index (χ4n) is 3.02. The van der Waals surface area contributed by atoms with Crippen molar-refractivity contribution in [1.82, 2.24) is 14.8 Å². The van der Waals surface area contributed by atoms with Gasteiger partial charge in [-0.2, -0.15) is 13.2 Å². The van der Waals surface area contributed by atoms with E-state index in [1.54, 1.807) is 11.7 Å². The molecule has 1 amide bonds. The second-order valence-electron chi connectivity index (χ2n) is 6.79. The van der Waals surface area contributed by atoms with E-state index >= 15 is 0 Å². The predicted octanol–water partition coefficient (Wildman–Crippen LogP) is 4.68. The van der Waals surface area contributed by atoms with Crippen molar-refractivity contribution < 1.29 is 27.4 Å². The Balaban J connectivity index is 1.56. The molecule has 1 N–H and O–H groups in total. The van der Waals surface area contributed by atoms with Crippen LogP contribution in [0.3, 0.4) is 0 Å². The molecule has 0 fully saturated rings. The smallest absolute Gasteiger partial charge is 0.416 e. The van der Waals surface area contributed by atoms with Crippen molar-refractivity contribution in [2.24, 2.45) is 0 Å². The van der Waals surface area contributed by atoms with Gasteiger partial charge in [0.2, 0.25) is 5.91 Å². The molecule has 3 aromatic rings. The summed E-state index contributed by atoms with van der Waals surface area (Å²) in [5, 5.41) is 11.3. The molecule has 7 nitrogen and oxygen atoms in total. The Kier molecular flexibility index (Phi) is 8.21. The topological polar surface area (TPSA) is 78.3 Å². The van der Waals surface area contributed by atoms with E-state index < -0.39 is 17.6 Å². The third-order valence-electron chi connectivity index (χ3n) is 4.54. The van der Waals surface area contributed by atoms with Crippen molar-refractivity contribution >= 4 is 23.4 Å². The first kappa shape index (κ1) is 24.4. The molecule has 0 aliphatic heterocycles. The van der Waals surface area contributed by atoms with Gasteiger partial charge in [-0.05, 0) is 37.3 Å². The van der Waals surface area contributed by atoms with Gasteiger partial charge in [0.05, 0.1) is 25.7 Å². The van der Waals surface area contributed by atoms with Crippen LogP contribution in [-0.2, 0) is 23.9 Å². The van der Waals surface area contributed by atoms with Crippen LogP contribution in [0.2, 0.25) is 0 Å². The van der Waals surface area contributed by atoms with Crippen LogP contribution in [0.5, 0.6) is 11.5 Å². The van der Waals surface area contributed by atoms with Crippen LogP contribution in [-0.4, -0.2) is 40.1 Å². The number of carbonyl (C=O) groups excluding carboxylic acids is 1. The second-order valence-corrected chi connectivity index (χ2v) is 7.86. The quantitative estimate of drug-likeness (QED) is 0.335. The van der Waals surface area contributed by atoms with Crippen molar-refractivity contribution in [3.05, 3.63) is 59.9 Å². The van der Waals surface area contributed by atoms with Crippen LogP contribution in [0.25, 0.3) is 0 Å². The van der Waals surface area contributed by atoms with Gasteiger partial charge in [-0.25, -0.2) is 0 Å². The van der Waals surface area contributed by atoms with Crippen LogP contribution in [0, 0.1) is 0 Å². The number of methoxy groups -OCH3 is 1. The minimum atomic E-state index is -4.48. The molecule has 2 aromatic carbocycles. The van der Waals surface area contributed by atoms with E-state index in [-0.39, 0.29) is 12.1 Å². The van der Waals surface area contributed by atoms with E-state index in [0.717, 1.165) is 12.1 Å². The number of aromatic nitrogens is 3. The zero-order valence-corrected chi connectivity index (χ0v) is 18.9. The van der Waals surface area contributed by atoms with Gasteiger partial charge in [-0.1, -0.05) is 30.0 Å². The van der Waals surface area contributed by atoms with Gasteiger partial charge in [0.25, 0.3) is 0 Å². The lowest BCUT2D eigenvalue weighted by molar-refractivity contribution is -0.137. The molecular weight excluding hydrogens is 457 g/mol. The number of amides is 1. The van der Waals surface area contributed by atoms with Crippen LogP contribution in [0.4, 0.5) is 18.9 Å². The maximum atomic E-state index is 12.9. The monoisotopic (exact) mass is 480 g/mol. The first-order valence-electron chi connectivity index (χ1n) is 10.1. The number of alkyl halides is 3. The molecule has 0 unspecified atom stereocenters. The van der Waals surface area contributed by atoms with Gasteiger partial charge in [0.1, 0.15) is 5.82 Å². The number of para-hydroxylation sites is 2. The molecular formula is C22H23F3N4O3S. The fraction of sp³-hybridized carbons (Fsp3) is 0.318. The van der Waals surface area contributed by atoms with E-state index in [9.17, 15) is 18.0 Å². The fourth-order valence-corrected chi connectivity index (χ4v) is 3.86. The molecule has 11 heteroatoms. The average molecular weight is 481 g/mol. The summed E-state index contributed by atoms with van der Waals surface area (Å²) in [7, 11) is 1.57. The Hall–Kier alpha value is -3.21. The van der Waals surface area contributed by atoms with Crippen molar-refractivity contribution in [3.8, 4) is 11.5 Å². The Morgan fingerprint density at radius 3 is 2.58 bits per heavy atom. The highest BCUT2D eigenvalue weighted by Gasteiger charge is 2.30. The molecule has 0 atom stereocenters. The number of hydrogen-bond acceptors (Lipinski definition) is 6. The maximum absolute atomic E-state index is 12.9. The van der Waals surface area contributed by atoms with Gasteiger partial charge in [0, 0.05) is 18.0 Å². The number of thioether (sulfide) groups is 1. The summed E-state index contributed by atoms with van der Waals surface area (Å²) in [6.45, 7) is 2.84. The summed E-state index contributed by atoms with van der Waals surface area (Å²) in [5.41, 5.74) is -0.758. The molecule has 0 saturated heterocycles. The standard InChI is InChI=1S/C22H23F3N4O3S/c1-3-29-19(14-20(30)26-16-8-6-7-15(13-16)22(23,24)25)27-28-21(29)33-12-11-32-18-10-5-4-9-17(18)31-2/h4-10,13H,3,11-12,14H2,1-2H3,(H,26,30). The lowest BCUT2D eigenvalue weighted by Crippen LogP contribution is -2.18. The highest BCUT2D eigenvalue weighted by Crippen LogP contribution is 2.31. The number of anilines is 1. The van der Waals surface area contributed by atoms with E-state index in [4.69, 9.17) is 9.47 Å². The van der Waals surface area contributed by atoms with E-state index in [1.807, 2.05) is 31.2 Å². The number of nitrogens with one attached hydrogen (secondary N) is 1. The zero-order chi connectivity index (χ0) is 23.8. The SMILES string of the molecule is CCn1c(CC(=O)Nc2cccc(C(F)(F)F)c2)nnc1SCCOc1ccccc1OC. The minimum absolute atomic E-state index is 0.0699. The first-order chi connectivity index (χ1) is 15.8. The normalized spacial score (nSPS) is 11.3. The van der Waals surface area contributed by atoms with Gasteiger partial charge in [0.15, 0.2) is 16.7 Å². The van der Waals surface area contributed by atoms with Crippen LogP contribution in [0.15, 0.2) is 53.7 Å². The number of halogens is 3. The molecule has 0 radical (unpaired) electrons. The first-order valence-corrected chi connectivity index (χ1v) is 11.1. The summed E-state index contributed by atoms with van der Waals surface area (Å²) in [4.78, 5) is 12.4. The lowest BCUT2D eigenvalue weighted by Gasteiger charge is -2.11. The van der Waals surface area contributed by atoms with Crippen LogP contribution >= 0.6 is 11.8 Å². The Bertz CT molecular complexity index is 1090. The maximum Gasteiger partial charge on any atom is 0.416 e. The Morgan fingerprint density at radius 2 is 1.88 bits per heavy atom. The van der Waals surface area contributed by atoms with Crippen molar-refractivity contribution in [2.45, 2.75) is 31.2 Å². The summed E-state index contributed by atoms with van der Waals surface area (Å²) >= 11 is 1.43. The largest absolute Gasteiger partial charge is 0.493 e. The molecule has 33 heavy (non-hydrogen) atoms. The van der Waals surface area contributed by atoms with Crippen LogP contribution in [0.1, 0.15) is 18.3 Å². The highest BCUT2D eigenvalue weighted by molar-refractivity contribution is 7.99. The van der Waals surface area contributed by atoms with E-state index in [0.29, 0.717) is 41.4 Å². The van der Waals surface area contributed by atoms with Crippen LogP contribution < -0.4 is 14.8 Å². The molecule has 1 heterocycles.